The van der Waals surface area contributed by atoms with Crippen LogP contribution in [-0.4, -0.2) is 35.8 Å². The van der Waals surface area contributed by atoms with Gasteiger partial charge in [0.15, 0.2) is 12.2 Å². The average Bonchev–Trinajstić information content (AvgIpc) is 2.86. The molecule has 1 aromatic carbocycles. The van der Waals surface area contributed by atoms with Crippen LogP contribution in [0.1, 0.15) is 12.8 Å². The predicted molar refractivity (Wildman–Crippen MR) is 79.7 cm³/mol. The van der Waals surface area contributed by atoms with Crippen LogP contribution in [0.2, 0.25) is 0 Å². The number of rotatable bonds is 7. The third kappa shape index (κ3) is 5.66. The molecule has 0 aliphatic carbocycles. The Kier molecular flexibility index (Phi) is 5.84. The van der Waals surface area contributed by atoms with Crippen LogP contribution < -0.4 is 11.1 Å². The molecule has 7 nitrogen and oxygen atoms in total. The second-order valence-corrected chi connectivity index (χ2v) is 5.14. The Labute approximate surface area is 139 Å². The van der Waals surface area contributed by atoms with E-state index in [4.69, 9.17) is 4.42 Å². The molecular weight excluding hydrogens is 345 g/mol. The highest BCUT2D eigenvalue weighted by Crippen LogP contribution is 2.13. The highest BCUT2D eigenvalue weighted by Gasteiger charge is 2.27. The van der Waals surface area contributed by atoms with Gasteiger partial charge in [-0.25, -0.2) is 4.79 Å². The van der Waals surface area contributed by atoms with E-state index in [1.165, 1.54) is 4.57 Å². The summed E-state index contributed by atoms with van der Waals surface area (Å²) in [6, 6.07) is 6.79. The van der Waals surface area contributed by atoms with Crippen molar-refractivity contribution in [1.82, 2.24) is 9.88 Å². The molecular formula is C15H15F3N2O5. The van der Waals surface area contributed by atoms with Gasteiger partial charge in [-0.1, -0.05) is 12.1 Å². The second kappa shape index (κ2) is 7.86. The van der Waals surface area contributed by atoms with Gasteiger partial charge in [-0.2, -0.15) is 13.2 Å². The lowest BCUT2D eigenvalue weighted by Gasteiger charge is -2.08. The first-order valence-electron chi connectivity index (χ1n) is 7.34. The minimum absolute atomic E-state index is 0.0987. The van der Waals surface area contributed by atoms with Gasteiger partial charge in [-0.05, 0) is 18.6 Å². The number of benzene rings is 1. The van der Waals surface area contributed by atoms with Crippen molar-refractivity contribution < 1.29 is 31.9 Å². The summed E-state index contributed by atoms with van der Waals surface area (Å²) in [6.45, 7) is -2.07. The van der Waals surface area contributed by atoms with Crippen molar-refractivity contribution in [2.75, 3.05) is 13.2 Å². The maximum atomic E-state index is 11.9. The van der Waals surface area contributed by atoms with Crippen molar-refractivity contribution in [3.05, 3.63) is 34.8 Å². The van der Waals surface area contributed by atoms with Crippen LogP contribution in [-0.2, 0) is 20.9 Å². The normalized spacial score (nSPS) is 11.5. The topological polar surface area (TPSA) is 90.5 Å². The van der Waals surface area contributed by atoms with Crippen LogP contribution >= 0.6 is 0 Å². The quantitative estimate of drug-likeness (QED) is 0.758. The first kappa shape index (κ1) is 18.6. The van der Waals surface area contributed by atoms with E-state index in [0.717, 1.165) is 0 Å². The minimum atomic E-state index is -4.53. The van der Waals surface area contributed by atoms with Crippen LogP contribution in [0.15, 0.2) is 33.5 Å². The SMILES string of the molecule is O=C(COC(=O)CCCn1c(=O)oc2ccccc21)NCC(F)(F)F. The number of ether oxygens (including phenoxy) is 1. The third-order valence-corrected chi connectivity index (χ3v) is 3.19. The molecule has 2 rings (SSSR count). The van der Waals surface area contributed by atoms with E-state index in [9.17, 15) is 27.6 Å². The molecule has 0 fully saturated rings. The molecule has 2 aromatic rings. The maximum Gasteiger partial charge on any atom is 0.419 e. The molecule has 10 heteroatoms. The lowest BCUT2D eigenvalue weighted by Crippen LogP contribution is -2.36. The molecule has 1 heterocycles. The zero-order valence-electron chi connectivity index (χ0n) is 13.0. The predicted octanol–water partition coefficient (Wildman–Crippen LogP) is 1.60. The second-order valence-electron chi connectivity index (χ2n) is 5.14. The minimum Gasteiger partial charge on any atom is -0.456 e. The number of hydrogen-bond acceptors (Lipinski definition) is 5. The molecule has 1 aromatic heterocycles. The van der Waals surface area contributed by atoms with Gasteiger partial charge < -0.3 is 14.5 Å². The van der Waals surface area contributed by atoms with Gasteiger partial charge in [-0.15, -0.1) is 0 Å². The number of para-hydroxylation sites is 2. The van der Waals surface area contributed by atoms with Crippen molar-refractivity contribution >= 4 is 23.0 Å². The number of alkyl halides is 3. The monoisotopic (exact) mass is 360 g/mol. The number of aryl methyl sites for hydroxylation is 1. The Bertz CT molecular complexity index is 809. The fraction of sp³-hybridized carbons (Fsp3) is 0.400. The molecule has 0 unspecified atom stereocenters. The first-order chi connectivity index (χ1) is 11.8. The van der Waals surface area contributed by atoms with Crippen molar-refractivity contribution in [1.29, 1.82) is 0 Å². The summed E-state index contributed by atoms with van der Waals surface area (Å²) in [5, 5.41) is 1.59. The van der Waals surface area contributed by atoms with E-state index < -0.39 is 37.0 Å². The van der Waals surface area contributed by atoms with Crippen molar-refractivity contribution in [3.8, 4) is 0 Å². The summed E-state index contributed by atoms with van der Waals surface area (Å²) in [7, 11) is 0. The standard InChI is InChI=1S/C15H15F3N2O5/c16-15(17,18)9-19-12(21)8-24-13(22)6-3-7-20-10-4-1-2-5-11(10)25-14(20)23/h1-2,4-5H,3,6-9H2,(H,19,21). The summed E-state index contributed by atoms with van der Waals surface area (Å²) in [6.07, 6.45) is -4.38. The zero-order valence-corrected chi connectivity index (χ0v) is 13.0. The number of aromatic nitrogens is 1. The highest BCUT2D eigenvalue weighted by molar-refractivity contribution is 5.80. The Balaban J connectivity index is 1.74. The fourth-order valence-electron chi connectivity index (χ4n) is 2.08. The molecule has 1 amide bonds. The Morgan fingerprint density at radius 1 is 1.24 bits per heavy atom. The lowest BCUT2D eigenvalue weighted by atomic mass is 10.3. The number of halogens is 3. The van der Waals surface area contributed by atoms with Crippen molar-refractivity contribution in [2.45, 2.75) is 25.6 Å². The molecule has 0 aliphatic rings. The van der Waals surface area contributed by atoms with Crippen LogP contribution in [0.25, 0.3) is 11.1 Å². The number of carbonyl (C=O) groups is 2. The molecule has 0 saturated heterocycles. The van der Waals surface area contributed by atoms with E-state index in [0.29, 0.717) is 11.1 Å². The highest BCUT2D eigenvalue weighted by atomic mass is 19.4. The summed E-state index contributed by atoms with van der Waals surface area (Å²) < 4.78 is 46.7. The Morgan fingerprint density at radius 2 is 1.96 bits per heavy atom. The fourth-order valence-corrected chi connectivity index (χ4v) is 2.08. The van der Waals surface area contributed by atoms with Crippen molar-refractivity contribution in [2.24, 2.45) is 0 Å². The van der Waals surface area contributed by atoms with E-state index in [1.54, 1.807) is 29.6 Å². The maximum absolute atomic E-state index is 11.9. The number of carbonyl (C=O) groups excluding carboxylic acids is 2. The Morgan fingerprint density at radius 3 is 2.68 bits per heavy atom. The molecule has 25 heavy (non-hydrogen) atoms. The smallest absolute Gasteiger partial charge is 0.419 e. The Hall–Kier alpha value is -2.78. The van der Waals surface area contributed by atoms with Crippen LogP contribution in [0.4, 0.5) is 13.2 Å². The zero-order chi connectivity index (χ0) is 18.4. The van der Waals surface area contributed by atoms with Gasteiger partial charge in [0.25, 0.3) is 5.91 Å². The molecule has 0 bridgehead atoms. The first-order valence-corrected chi connectivity index (χ1v) is 7.34. The number of oxazole rings is 1. The third-order valence-electron chi connectivity index (χ3n) is 3.19. The molecule has 0 atom stereocenters. The van der Waals surface area contributed by atoms with E-state index in [1.807, 2.05) is 0 Å². The summed E-state index contributed by atoms with van der Waals surface area (Å²) in [4.78, 5) is 34.3. The van der Waals surface area contributed by atoms with Crippen molar-refractivity contribution in [3.63, 3.8) is 0 Å². The van der Waals surface area contributed by atoms with Gasteiger partial charge >= 0.3 is 17.9 Å². The number of esters is 1. The largest absolute Gasteiger partial charge is 0.456 e. The molecule has 0 radical (unpaired) electrons. The molecule has 136 valence electrons. The average molecular weight is 360 g/mol. The van der Waals surface area contributed by atoms with Gasteiger partial charge in [0.1, 0.15) is 6.54 Å². The molecule has 0 saturated carbocycles. The summed E-state index contributed by atoms with van der Waals surface area (Å²) >= 11 is 0. The summed E-state index contributed by atoms with van der Waals surface area (Å²) in [5.41, 5.74) is 1.02. The lowest BCUT2D eigenvalue weighted by molar-refractivity contribution is -0.151. The molecule has 0 spiro atoms. The van der Waals surface area contributed by atoms with Crippen LogP contribution in [0, 0.1) is 0 Å². The van der Waals surface area contributed by atoms with E-state index >= 15 is 0 Å². The number of nitrogens with zero attached hydrogens (tertiary/aromatic N) is 1. The van der Waals surface area contributed by atoms with Gasteiger partial charge in [0.2, 0.25) is 0 Å². The van der Waals surface area contributed by atoms with Gasteiger partial charge in [-0.3, -0.25) is 14.2 Å². The number of fused-ring (bicyclic) bond motifs is 1. The molecule has 0 aliphatic heterocycles. The van der Waals surface area contributed by atoms with Crippen LogP contribution in [0.3, 0.4) is 0 Å². The number of amides is 1. The van der Waals surface area contributed by atoms with E-state index in [-0.39, 0.29) is 19.4 Å². The van der Waals surface area contributed by atoms with Crippen LogP contribution in [0.5, 0.6) is 0 Å². The van der Waals surface area contributed by atoms with Gasteiger partial charge in [0, 0.05) is 13.0 Å². The molecule has 1 N–H and O–H groups in total. The van der Waals surface area contributed by atoms with E-state index in [2.05, 4.69) is 4.74 Å². The van der Waals surface area contributed by atoms with Gasteiger partial charge in [0.05, 0.1) is 5.52 Å². The number of nitrogens with one attached hydrogen (secondary N) is 1. The summed E-state index contributed by atoms with van der Waals surface area (Å²) in [5.74, 6) is -2.34. The number of hydrogen-bond donors (Lipinski definition) is 1.